The molecule has 1 aromatic carbocycles. The first-order chi connectivity index (χ1) is 10.3. The summed E-state index contributed by atoms with van der Waals surface area (Å²) < 4.78 is 23.9. The quantitative estimate of drug-likeness (QED) is 0.887. The first kappa shape index (κ1) is 15.5. The van der Waals surface area contributed by atoms with Gasteiger partial charge in [-0.1, -0.05) is 12.1 Å². The minimum atomic E-state index is -3.19. The average molecular weight is 339 g/mol. The Hall–Kier alpha value is -1.44. The van der Waals surface area contributed by atoms with Crippen LogP contribution in [-0.2, 0) is 9.84 Å². The van der Waals surface area contributed by atoms with Gasteiger partial charge in [0.1, 0.15) is 0 Å². The number of carbonyl (C=O) groups excluding carboxylic acids is 1. The number of benzene rings is 1. The van der Waals surface area contributed by atoms with Crippen molar-refractivity contribution in [3.8, 4) is 0 Å². The fourth-order valence-electron chi connectivity index (χ4n) is 2.69. The van der Waals surface area contributed by atoms with Gasteiger partial charge in [-0.05, 0) is 25.0 Å². The Bertz CT molecular complexity index is 840. The van der Waals surface area contributed by atoms with Crippen LogP contribution >= 0.6 is 11.3 Å². The molecule has 1 saturated heterocycles. The number of carbonyl (C=O) groups is 1. The molecular formula is C15H17NO4S2. The molecule has 0 saturated carbocycles. The van der Waals surface area contributed by atoms with Crippen molar-refractivity contribution in [1.82, 2.24) is 5.32 Å². The summed E-state index contributed by atoms with van der Waals surface area (Å²) in [6, 6.07) is 5.88. The van der Waals surface area contributed by atoms with E-state index >= 15 is 0 Å². The number of rotatable bonds is 3. The molecule has 0 radical (unpaired) electrons. The van der Waals surface area contributed by atoms with Crippen molar-refractivity contribution in [1.29, 1.82) is 0 Å². The number of fused-ring (bicyclic) bond motifs is 1. The Morgan fingerprint density at radius 2 is 2.23 bits per heavy atom. The maximum absolute atomic E-state index is 12.3. The highest BCUT2D eigenvalue weighted by Crippen LogP contribution is 2.27. The number of hydrogen-bond donors (Lipinski definition) is 2. The maximum atomic E-state index is 12.3. The lowest BCUT2D eigenvalue weighted by Gasteiger charge is -2.20. The highest BCUT2D eigenvalue weighted by molar-refractivity contribution is 7.91. The molecule has 0 aliphatic carbocycles. The molecule has 118 valence electrons. The summed E-state index contributed by atoms with van der Waals surface area (Å²) in [4.78, 5) is 12.3. The predicted molar refractivity (Wildman–Crippen MR) is 87.1 cm³/mol. The first-order valence-electron chi connectivity index (χ1n) is 6.97. The van der Waals surface area contributed by atoms with E-state index in [-0.39, 0.29) is 30.4 Å². The van der Waals surface area contributed by atoms with Gasteiger partial charge in [0.15, 0.2) is 9.84 Å². The van der Waals surface area contributed by atoms with Gasteiger partial charge in [0.25, 0.3) is 5.91 Å². The summed E-state index contributed by atoms with van der Waals surface area (Å²) >= 11 is 1.49. The SMILES string of the molecule is Cc1ccc2c(C(=O)NC[C@]3(O)CCS(=O)(=O)C3)csc2c1. The Balaban J connectivity index is 1.74. The number of nitrogens with one attached hydrogen (secondary N) is 1. The van der Waals surface area contributed by atoms with Gasteiger partial charge < -0.3 is 10.4 Å². The molecule has 1 amide bonds. The summed E-state index contributed by atoms with van der Waals surface area (Å²) in [5, 5.41) is 15.6. The van der Waals surface area contributed by atoms with Crippen LogP contribution < -0.4 is 5.32 Å². The number of sulfone groups is 1. The van der Waals surface area contributed by atoms with Crippen molar-refractivity contribution in [3.63, 3.8) is 0 Å². The fraction of sp³-hybridized carbons (Fsp3) is 0.400. The Morgan fingerprint density at radius 1 is 1.45 bits per heavy atom. The molecule has 1 aromatic heterocycles. The third-order valence-corrected chi connectivity index (χ3v) is 6.67. The second-order valence-corrected chi connectivity index (χ2v) is 8.99. The molecule has 1 aliphatic rings. The normalized spacial score (nSPS) is 23.7. The second kappa shape index (κ2) is 5.33. The summed E-state index contributed by atoms with van der Waals surface area (Å²) in [6.07, 6.45) is 0.166. The zero-order chi connectivity index (χ0) is 16.0. The number of aliphatic hydroxyl groups is 1. The van der Waals surface area contributed by atoms with Gasteiger partial charge in [0, 0.05) is 22.0 Å². The molecule has 5 nitrogen and oxygen atoms in total. The zero-order valence-corrected chi connectivity index (χ0v) is 13.8. The van der Waals surface area contributed by atoms with Crippen LogP contribution in [0.5, 0.6) is 0 Å². The van der Waals surface area contributed by atoms with Crippen molar-refractivity contribution >= 4 is 37.2 Å². The van der Waals surface area contributed by atoms with Crippen LogP contribution in [0.15, 0.2) is 23.6 Å². The van der Waals surface area contributed by atoms with Crippen molar-refractivity contribution in [2.45, 2.75) is 18.9 Å². The monoisotopic (exact) mass is 339 g/mol. The molecule has 3 rings (SSSR count). The highest BCUT2D eigenvalue weighted by atomic mass is 32.2. The summed E-state index contributed by atoms with van der Waals surface area (Å²) in [6.45, 7) is 1.95. The van der Waals surface area contributed by atoms with Gasteiger partial charge in [-0.25, -0.2) is 8.42 Å². The second-order valence-electron chi connectivity index (χ2n) is 5.90. The molecule has 2 heterocycles. The van der Waals surface area contributed by atoms with Crippen molar-refractivity contribution in [2.75, 3.05) is 18.1 Å². The van der Waals surface area contributed by atoms with Gasteiger partial charge in [-0.2, -0.15) is 0 Å². The van der Waals surface area contributed by atoms with Crippen LogP contribution in [-0.4, -0.2) is 43.1 Å². The minimum absolute atomic E-state index is 0.0277. The summed E-state index contributed by atoms with van der Waals surface area (Å²) in [5.74, 6) is -0.600. The lowest BCUT2D eigenvalue weighted by molar-refractivity contribution is 0.0609. The van der Waals surface area contributed by atoms with Crippen LogP contribution in [0, 0.1) is 6.92 Å². The van der Waals surface area contributed by atoms with E-state index in [0.717, 1.165) is 15.6 Å². The van der Waals surface area contributed by atoms with Gasteiger partial charge in [0.2, 0.25) is 0 Å². The van der Waals surface area contributed by atoms with Gasteiger partial charge in [-0.3, -0.25) is 4.79 Å². The van der Waals surface area contributed by atoms with E-state index in [1.807, 2.05) is 25.1 Å². The predicted octanol–water partition coefficient (Wildman–Crippen LogP) is 1.49. The first-order valence-corrected chi connectivity index (χ1v) is 9.67. The summed E-state index contributed by atoms with van der Waals surface area (Å²) in [5.41, 5.74) is 0.341. The van der Waals surface area contributed by atoms with Crippen LogP contribution in [0.25, 0.3) is 10.1 Å². The third-order valence-electron chi connectivity index (χ3n) is 3.92. The highest BCUT2D eigenvalue weighted by Gasteiger charge is 2.40. The van der Waals surface area contributed by atoms with Crippen LogP contribution in [0.2, 0.25) is 0 Å². The van der Waals surface area contributed by atoms with E-state index in [0.29, 0.717) is 5.56 Å². The lowest BCUT2D eigenvalue weighted by atomic mass is 10.0. The van der Waals surface area contributed by atoms with Crippen molar-refractivity contribution < 1.29 is 18.3 Å². The van der Waals surface area contributed by atoms with E-state index in [4.69, 9.17) is 0 Å². The topological polar surface area (TPSA) is 83.5 Å². The fourth-order valence-corrected chi connectivity index (χ4v) is 5.63. The number of aryl methyl sites for hydroxylation is 1. The van der Waals surface area contributed by atoms with E-state index < -0.39 is 15.4 Å². The number of thiophene rings is 1. The smallest absolute Gasteiger partial charge is 0.252 e. The van der Waals surface area contributed by atoms with Gasteiger partial charge in [-0.15, -0.1) is 11.3 Å². The van der Waals surface area contributed by atoms with Crippen molar-refractivity contribution in [3.05, 3.63) is 34.7 Å². The molecule has 0 spiro atoms. The van der Waals surface area contributed by atoms with Crippen LogP contribution in [0.4, 0.5) is 0 Å². The molecule has 2 aromatic rings. The average Bonchev–Trinajstić information content (AvgIpc) is 2.97. The third kappa shape index (κ3) is 3.02. The zero-order valence-electron chi connectivity index (χ0n) is 12.1. The minimum Gasteiger partial charge on any atom is -0.387 e. The molecule has 0 bridgehead atoms. The largest absolute Gasteiger partial charge is 0.387 e. The van der Waals surface area contributed by atoms with E-state index in [1.54, 1.807) is 5.38 Å². The molecule has 1 fully saturated rings. The molecule has 2 N–H and O–H groups in total. The molecule has 1 atom stereocenters. The molecule has 1 aliphatic heterocycles. The molecular weight excluding hydrogens is 322 g/mol. The number of amides is 1. The number of hydrogen-bond acceptors (Lipinski definition) is 5. The summed E-state index contributed by atoms with van der Waals surface area (Å²) in [7, 11) is -3.19. The standard InChI is InChI=1S/C15H17NO4S2/c1-10-2-3-11-12(7-21-13(11)6-10)14(17)16-8-15(18)4-5-22(19,20)9-15/h2-3,6-7,18H,4-5,8-9H2,1H3,(H,16,17)/t15-/m1/s1. The van der Waals surface area contributed by atoms with E-state index in [1.165, 1.54) is 11.3 Å². The Labute approximate surface area is 132 Å². The van der Waals surface area contributed by atoms with Gasteiger partial charge >= 0.3 is 0 Å². The van der Waals surface area contributed by atoms with Crippen LogP contribution in [0.3, 0.4) is 0 Å². The van der Waals surface area contributed by atoms with Crippen molar-refractivity contribution in [2.24, 2.45) is 0 Å². The molecule has 22 heavy (non-hydrogen) atoms. The maximum Gasteiger partial charge on any atom is 0.252 e. The Morgan fingerprint density at radius 3 is 2.91 bits per heavy atom. The molecule has 0 unspecified atom stereocenters. The Kier molecular flexibility index (Phi) is 3.74. The van der Waals surface area contributed by atoms with Crippen LogP contribution in [0.1, 0.15) is 22.3 Å². The lowest BCUT2D eigenvalue weighted by Crippen LogP contribution is -2.43. The molecule has 7 heteroatoms. The van der Waals surface area contributed by atoms with E-state index in [9.17, 15) is 18.3 Å². The van der Waals surface area contributed by atoms with E-state index in [2.05, 4.69) is 5.32 Å². The van der Waals surface area contributed by atoms with Gasteiger partial charge in [0.05, 0.1) is 22.7 Å².